The summed E-state index contributed by atoms with van der Waals surface area (Å²) in [5.74, 6) is 0.819. The molecule has 9 heteroatoms. The Bertz CT molecular complexity index is 1000. The number of hydrogen-bond donors (Lipinski definition) is 2. The summed E-state index contributed by atoms with van der Waals surface area (Å²) in [5.41, 5.74) is 4.67. The van der Waals surface area contributed by atoms with E-state index in [1.807, 2.05) is 30.9 Å². The standard InChI is InChI=1S/C23H31N5O3.C4H8O/c1-16-11-21(24-15-29)20(22-17(2)13-25-26-22)12-19(16)23(30)28-7-5-27(6-8-28)9-10-31-14-18-3-4-18;1-2-4-5-3-1/h11-13,15,18H,3-10,14H2,1-2H3,(H,24,29)(H,25,26);1-4H2. The maximum Gasteiger partial charge on any atom is 0.254 e. The summed E-state index contributed by atoms with van der Waals surface area (Å²) >= 11 is 0. The number of aryl methyl sites for hydroxylation is 2. The Balaban J connectivity index is 0.000000543. The summed E-state index contributed by atoms with van der Waals surface area (Å²) in [7, 11) is 0. The van der Waals surface area contributed by atoms with Crippen molar-refractivity contribution in [3.8, 4) is 11.3 Å². The number of amides is 2. The first-order valence-corrected chi connectivity index (χ1v) is 13.1. The normalized spacial score (nSPS) is 18.0. The smallest absolute Gasteiger partial charge is 0.254 e. The van der Waals surface area contributed by atoms with Crippen molar-refractivity contribution in [1.82, 2.24) is 20.0 Å². The average molecular weight is 498 g/mol. The van der Waals surface area contributed by atoms with Crippen molar-refractivity contribution in [1.29, 1.82) is 0 Å². The third kappa shape index (κ3) is 7.15. The Morgan fingerprint density at radius 2 is 1.92 bits per heavy atom. The molecule has 36 heavy (non-hydrogen) atoms. The zero-order valence-electron chi connectivity index (χ0n) is 21.6. The fourth-order valence-corrected chi connectivity index (χ4v) is 4.53. The summed E-state index contributed by atoms with van der Waals surface area (Å²) in [6.07, 6.45) is 7.57. The van der Waals surface area contributed by atoms with Crippen molar-refractivity contribution in [3.05, 3.63) is 35.0 Å². The molecule has 1 aliphatic carbocycles. The van der Waals surface area contributed by atoms with E-state index in [4.69, 9.17) is 9.47 Å². The first-order chi connectivity index (χ1) is 17.6. The number of carbonyl (C=O) groups excluding carboxylic acids is 2. The number of ether oxygens (including phenoxy) is 2. The molecule has 0 spiro atoms. The van der Waals surface area contributed by atoms with Gasteiger partial charge in [0.15, 0.2) is 0 Å². The first-order valence-electron chi connectivity index (χ1n) is 13.1. The van der Waals surface area contributed by atoms with Crippen molar-refractivity contribution in [2.75, 3.05) is 64.5 Å². The fraction of sp³-hybridized carbons (Fsp3) is 0.593. The summed E-state index contributed by atoms with van der Waals surface area (Å²) in [5, 5.41) is 9.81. The van der Waals surface area contributed by atoms with E-state index in [2.05, 4.69) is 20.4 Å². The maximum absolute atomic E-state index is 13.3. The van der Waals surface area contributed by atoms with Crippen molar-refractivity contribution < 1.29 is 19.1 Å². The predicted molar refractivity (Wildman–Crippen MR) is 139 cm³/mol. The lowest BCUT2D eigenvalue weighted by Crippen LogP contribution is -2.49. The highest BCUT2D eigenvalue weighted by molar-refractivity contribution is 5.99. The Kier molecular flexibility index (Phi) is 9.49. The number of anilines is 1. The molecular formula is C27H39N5O4. The molecular weight excluding hydrogens is 458 g/mol. The number of rotatable bonds is 9. The molecule has 1 saturated carbocycles. The van der Waals surface area contributed by atoms with Gasteiger partial charge in [-0.1, -0.05) is 0 Å². The number of nitrogens with one attached hydrogen (secondary N) is 2. The third-order valence-corrected chi connectivity index (χ3v) is 7.00. The van der Waals surface area contributed by atoms with Gasteiger partial charge in [-0.2, -0.15) is 5.10 Å². The van der Waals surface area contributed by atoms with Gasteiger partial charge in [0.05, 0.1) is 24.2 Å². The Hall–Kier alpha value is -2.75. The Morgan fingerprint density at radius 3 is 2.50 bits per heavy atom. The number of H-pyrrole nitrogens is 1. The van der Waals surface area contributed by atoms with E-state index in [1.165, 1.54) is 25.7 Å². The van der Waals surface area contributed by atoms with Gasteiger partial charge in [0.2, 0.25) is 6.41 Å². The lowest BCUT2D eigenvalue weighted by Gasteiger charge is -2.35. The van der Waals surface area contributed by atoms with Gasteiger partial charge in [0.1, 0.15) is 0 Å². The van der Waals surface area contributed by atoms with Crippen LogP contribution in [0.15, 0.2) is 18.3 Å². The number of piperazine rings is 1. The van der Waals surface area contributed by atoms with Gasteiger partial charge in [-0.25, -0.2) is 0 Å². The van der Waals surface area contributed by atoms with Crippen LogP contribution < -0.4 is 5.32 Å². The van der Waals surface area contributed by atoms with Crippen LogP contribution in [0.2, 0.25) is 0 Å². The lowest BCUT2D eigenvalue weighted by molar-refractivity contribution is -0.105. The summed E-state index contributed by atoms with van der Waals surface area (Å²) in [6.45, 7) is 11.5. The van der Waals surface area contributed by atoms with Crippen molar-refractivity contribution >= 4 is 18.0 Å². The van der Waals surface area contributed by atoms with Crippen LogP contribution >= 0.6 is 0 Å². The van der Waals surface area contributed by atoms with E-state index in [-0.39, 0.29) is 5.91 Å². The molecule has 0 unspecified atom stereocenters. The minimum absolute atomic E-state index is 0.0261. The summed E-state index contributed by atoms with van der Waals surface area (Å²) in [4.78, 5) is 28.7. The number of aromatic nitrogens is 2. The summed E-state index contributed by atoms with van der Waals surface area (Å²) < 4.78 is 10.7. The number of hydrogen-bond acceptors (Lipinski definition) is 6. The van der Waals surface area contributed by atoms with Crippen LogP contribution in [0.5, 0.6) is 0 Å². The Labute approximate surface area is 213 Å². The lowest BCUT2D eigenvalue weighted by atomic mass is 9.98. The number of benzene rings is 1. The van der Waals surface area contributed by atoms with E-state index in [9.17, 15) is 9.59 Å². The molecule has 1 aromatic heterocycles. The minimum Gasteiger partial charge on any atom is -0.381 e. The summed E-state index contributed by atoms with van der Waals surface area (Å²) in [6, 6.07) is 3.72. The number of nitrogens with zero attached hydrogens (tertiary/aromatic N) is 3. The highest BCUT2D eigenvalue weighted by Crippen LogP contribution is 2.32. The molecule has 2 amide bonds. The molecule has 0 atom stereocenters. The van der Waals surface area contributed by atoms with E-state index in [1.54, 1.807) is 6.20 Å². The van der Waals surface area contributed by atoms with Crippen LogP contribution in [0.25, 0.3) is 11.3 Å². The number of carbonyl (C=O) groups is 2. The van der Waals surface area contributed by atoms with Crippen molar-refractivity contribution in [2.45, 2.75) is 39.5 Å². The second-order valence-corrected chi connectivity index (χ2v) is 9.87. The van der Waals surface area contributed by atoms with Crippen LogP contribution in [0.3, 0.4) is 0 Å². The van der Waals surface area contributed by atoms with E-state index >= 15 is 0 Å². The van der Waals surface area contributed by atoms with Crippen molar-refractivity contribution in [3.63, 3.8) is 0 Å². The molecule has 2 aromatic rings. The van der Waals surface area contributed by atoms with Gasteiger partial charge >= 0.3 is 0 Å². The van der Waals surface area contributed by atoms with Gasteiger partial charge in [-0.05, 0) is 68.7 Å². The predicted octanol–water partition coefficient (Wildman–Crippen LogP) is 3.24. The van der Waals surface area contributed by atoms with Gasteiger partial charge in [-0.3, -0.25) is 19.6 Å². The molecule has 0 bridgehead atoms. The van der Waals surface area contributed by atoms with Crippen LogP contribution in [0.1, 0.15) is 47.2 Å². The van der Waals surface area contributed by atoms with Crippen molar-refractivity contribution in [2.24, 2.45) is 5.92 Å². The second kappa shape index (κ2) is 13.0. The van der Waals surface area contributed by atoms with Gasteiger partial charge in [0.25, 0.3) is 5.91 Å². The van der Waals surface area contributed by atoms with E-state index in [0.717, 1.165) is 74.4 Å². The largest absolute Gasteiger partial charge is 0.381 e. The van der Waals surface area contributed by atoms with Crippen LogP contribution in [0, 0.1) is 19.8 Å². The van der Waals surface area contributed by atoms with E-state index in [0.29, 0.717) is 30.8 Å². The van der Waals surface area contributed by atoms with Crippen LogP contribution in [-0.4, -0.2) is 91.5 Å². The number of aromatic amines is 1. The SMILES string of the molecule is C1CCOC1.Cc1cc(NC=O)c(-c2[nH]ncc2C)cc1C(=O)N1CCN(CCOCC2CC2)CC1. The third-order valence-electron chi connectivity index (χ3n) is 7.00. The van der Waals surface area contributed by atoms with Gasteiger partial charge in [-0.15, -0.1) is 0 Å². The monoisotopic (exact) mass is 497 g/mol. The molecule has 1 aromatic carbocycles. The Morgan fingerprint density at radius 1 is 1.17 bits per heavy atom. The molecule has 196 valence electrons. The molecule has 3 fully saturated rings. The zero-order valence-corrected chi connectivity index (χ0v) is 21.6. The molecule has 2 aliphatic heterocycles. The average Bonchev–Trinajstić information content (AvgIpc) is 3.29. The molecule has 2 saturated heterocycles. The van der Waals surface area contributed by atoms with Crippen LogP contribution in [0.4, 0.5) is 5.69 Å². The first kappa shape index (κ1) is 26.3. The highest BCUT2D eigenvalue weighted by atomic mass is 16.5. The van der Waals surface area contributed by atoms with Gasteiger partial charge < -0.3 is 19.7 Å². The molecule has 9 nitrogen and oxygen atoms in total. The van der Waals surface area contributed by atoms with E-state index < -0.39 is 0 Å². The van der Waals surface area contributed by atoms with Crippen LogP contribution in [-0.2, 0) is 14.3 Å². The molecule has 3 heterocycles. The topological polar surface area (TPSA) is 99.8 Å². The quantitative estimate of drug-likeness (QED) is 0.408. The molecule has 0 radical (unpaired) electrons. The molecule has 2 N–H and O–H groups in total. The molecule has 3 aliphatic rings. The highest BCUT2D eigenvalue weighted by Gasteiger charge is 2.25. The zero-order chi connectivity index (χ0) is 25.3. The second-order valence-electron chi connectivity index (χ2n) is 9.87. The van der Waals surface area contributed by atoms with Gasteiger partial charge in [0, 0.05) is 63.7 Å². The fourth-order valence-electron chi connectivity index (χ4n) is 4.53. The minimum atomic E-state index is 0.0261. The maximum atomic E-state index is 13.3. The molecule has 5 rings (SSSR count).